The van der Waals surface area contributed by atoms with Crippen LogP contribution >= 0.6 is 35.0 Å². The summed E-state index contributed by atoms with van der Waals surface area (Å²) in [4.78, 5) is 12.6. The van der Waals surface area contributed by atoms with Crippen molar-refractivity contribution in [2.75, 3.05) is 5.32 Å². The number of carbonyl (C=O) groups excluding carboxylic acids is 1. The minimum absolute atomic E-state index is 0.137. The number of rotatable bonds is 5. The zero-order valence-electron chi connectivity index (χ0n) is 15.0. The van der Waals surface area contributed by atoms with E-state index >= 15 is 0 Å². The number of nitrogens with one attached hydrogen (secondary N) is 1. The van der Waals surface area contributed by atoms with Crippen molar-refractivity contribution in [1.82, 2.24) is 14.8 Å². The third-order valence-corrected chi connectivity index (χ3v) is 6.00. The summed E-state index contributed by atoms with van der Waals surface area (Å²) in [6, 6.07) is 11.1. The molecule has 0 saturated heterocycles. The van der Waals surface area contributed by atoms with Crippen LogP contribution < -0.4 is 5.32 Å². The zero-order valence-corrected chi connectivity index (χ0v) is 17.4. The van der Waals surface area contributed by atoms with Crippen molar-refractivity contribution >= 4 is 46.6 Å². The first-order valence-corrected chi connectivity index (χ1v) is 9.89. The molecule has 1 N–H and O–H groups in total. The zero-order chi connectivity index (χ0) is 19.6. The summed E-state index contributed by atoms with van der Waals surface area (Å²) >= 11 is 13.7. The largest absolute Gasteiger partial charge is 0.325 e. The lowest BCUT2D eigenvalue weighted by atomic mass is 10.2. The molecular formula is C19H18Cl2N4OS. The van der Waals surface area contributed by atoms with Crippen LogP contribution in [0, 0.1) is 13.8 Å². The smallest absolute Gasteiger partial charge is 0.237 e. The van der Waals surface area contributed by atoms with Crippen LogP contribution in [0.4, 0.5) is 5.69 Å². The molecule has 27 heavy (non-hydrogen) atoms. The predicted molar refractivity (Wildman–Crippen MR) is 111 cm³/mol. The van der Waals surface area contributed by atoms with Gasteiger partial charge in [0.1, 0.15) is 6.33 Å². The molecule has 1 amide bonds. The highest BCUT2D eigenvalue weighted by molar-refractivity contribution is 8.00. The number of anilines is 1. The Labute approximate surface area is 172 Å². The van der Waals surface area contributed by atoms with Crippen molar-refractivity contribution in [3.63, 3.8) is 0 Å². The maximum atomic E-state index is 12.6. The van der Waals surface area contributed by atoms with E-state index in [-0.39, 0.29) is 11.2 Å². The van der Waals surface area contributed by atoms with Crippen molar-refractivity contribution in [3.05, 3.63) is 63.9 Å². The summed E-state index contributed by atoms with van der Waals surface area (Å²) < 4.78 is 1.81. The van der Waals surface area contributed by atoms with Crippen LogP contribution in [0.1, 0.15) is 18.1 Å². The average molecular weight is 421 g/mol. The lowest BCUT2D eigenvalue weighted by molar-refractivity contribution is -0.115. The second-order valence-corrected chi connectivity index (χ2v) is 8.20. The number of hydrogen-bond acceptors (Lipinski definition) is 4. The fraction of sp³-hybridized carbons (Fsp3) is 0.211. The van der Waals surface area contributed by atoms with Crippen LogP contribution in [0.5, 0.6) is 0 Å². The number of hydrogen-bond donors (Lipinski definition) is 1. The van der Waals surface area contributed by atoms with Gasteiger partial charge >= 0.3 is 0 Å². The van der Waals surface area contributed by atoms with E-state index < -0.39 is 0 Å². The molecule has 3 rings (SSSR count). The number of benzene rings is 2. The second-order valence-electron chi connectivity index (χ2n) is 6.08. The molecule has 2 aromatic carbocycles. The standard InChI is InChI=1S/C19H18Cl2N4OS/c1-11-7-8-14(9-16(11)21)25-10-22-24-19(25)27-13(3)18(26)23-17-6-4-5-15(20)12(17)2/h4-10,13H,1-3H3,(H,23,26). The van der Waals surface area contributed by atoms with Gasteiger partial charge in [0.05, 0.1) is 10.9 Å². The average Bonchev–Trinajstić information content (AvgIpc) is 3.09. The fourth-order valence-electron chi connectivity index (χ4n) is 2.40. The molecule has 0 saturated carbocycles. The molecule has 1 heterocycles. The van der Waals surface area contributed by atoms with Gasteiger partial charge in [0.25, 0.3) is 0 Å². The quantitative estimate of drug-likeness (QED) is 0.568. The van der Waals surface area contributed by atoms with E-state index in [1.165, 1.54) is 11.8 Å². The molecular weight excluding hydrogens is 403 g/mol. The van der Waals surface area contributed by atoms with Gasteiger partial charge in [-0.3, -0.25) is 9.36 Å². The molecule has 1 atom stereocenters. The molecule has 0 radical (unpaired) electrons. The van der Waals surface area contributed by atoms with Crippen LogP contribution in [0.25, 0.3) is 5.69 Å². The molecule has 140 valence electrons. The van der Waals surface area contributed by atoms with E-state index in [4.69, 9.17) is 23.2 Å². The van der Waals surface area contributed by atoms with E-state index in [9.17, 15) is 4.79 Å². The van der Waals surface area contributed by atoms with Gasteiger partial charge in [0.2, 0.25) is 5.91 Å². The molecule has 0 aliphatic carbocycles. The first-order valence-electron chi connectivity index (χ1n) is 8.26. The van der Waals surface area contributed by atoms with E-state index in [2.05, 4.69) is 15.5 Å². The van der Waals surface area contributed by atoms with Gasteiger partial charge in [-0.2, -0.15) is 0 Å². The summed E-state index contributed by atoms with van der Waals surface area (Å²) in [5, 5.41) is 12.5. The van der Waals surface area contributed by atoms with Crippen LogP contribution in [0.3, 0.4) is 0 Å². The highest BCUT2D eigenvalue weighted by Gasteiger charge is 2.19. The normalized spacial score (nSPS) is 12.0. The first-order chi connectivity index (χ1) is 12.9. The van der Waals surface area contributed by atoms with Gasteiger partial charge in [0.15, 0.2) is 5.16 Å². The van der Waals surface area contributed by atoms with Crippen molar-refractivity contribution in [3.8, 4) is 5.69 Å². The minimum Gasteiger partial charge on any atom is -0.325 e. The molecule has 0 spiro atoms. The van der Waals surface area contributed by atoms with Gasteiger partial charge in [-0.05, 0) is 56.2 Å². The molecule has 0 fully saturated rings. The summed E-state index contributed by atoms with van der Waals surface area (Å²) in [5.41, 5.74) is 3.37. The topological polar surface area (TPSA) is 59.8 Å². The van der Waals surface area contributed by atoms with Gasteiger partial charge in [-0.1, -0.05) is 47.1 Å². The third kappa shape index (κ3) is 4.46. The van der Waals surface area contributed by atoms with E-state index in [1.807, 2.05) is 49.6 Å². The Hall–Kier alpha value is -2.02. The molecule has 0 aliphatic rings. The predicted octanol–water partition coefficient (Wildman–Crippen LogP) is 5.31. The molecule has 3 aromatic rings. The van der Waals surface area contributed by atoms with Crippen molar-refractivity contribution in [1.29, 1.82) is 0 Å². The van der Waals surface area contributed by atoms with Gasteiger partial charge in [0, 0.05) is 15.7 Å². The molecule has 1 aromatic heterocycles. The summed E-state index contributed by atoms with van der Waals surface area (Å²) in [6.45, 7) is 5.63. The van der Waals surface area contributed by atoms with Gasteiger partial charge in [-0.25, -0.2) is 0 Å². The number of aromatic nitrogens is 3. The van der Waals surface area contributed by atoms with Gasteiger partial charge < -0.3 is 5.32 Å². The maximum absolute atomic E-state index is 12.6. The van der Waals surface area contributed by atoms with Crippen LogP contribution in [-0.4, -0.2) is 25.9 Å². The fourth-order valence-corrected chi connectivity index (χ4v) is 3.59. The van der Waals surface area contributed by atoms with Crippen molar-refractivity contribution in [2.24, 2.45) is 0 Å². The van der Waals surface area contributed by atoms with Crippen LogP contribution in [0.15, 0.2) is 47.9 Å². The monoisotopic (exact) mass is 420 g/mol. The number of amides is 1. The third-order valence-electron chi connectivity index (χ3n) is 4.13. The number of carbonyl (C=O) groups is 1. The Kier molecular flexibility index (Phi) is 6.09. The Balaban J connectivity index is 1.76. The Bertz CT molecular complexity index is 990. The summed E-state index contributed by atoms with van der Waals surface area (Å²) in [7, 11) is 0. The van der Waals surface area contributed by atoms with Crippen LogP contribution in [0.2, 0.25) is 10.0 Å². The number of nitrogens with zero attached hydrogens (tertiary/aromatic N) is 3. The highest BCUT2D eigenvalue weighted by atomic mass is 35.5. The summed E-state index contributed by atoms with van der Waals surface area (Å²) in [5.74, 6) is -0.137. The molecule has 0 bridgehead atoms. The molecule has 0 aliphatic heterocycles. The Morgan fingerprint density at radius 3 is 2.70 bits per heavy atom. The highest BCUT2D eigenvalue weighted by Crippen LogP contribution is 2.28. The van der Waals surface area contributed by atoms with E-state index in [0.717, 1.165) is 16.8 Å². The summed E-state index contributed by atoms with van der Waals surface area (Å²) in [6.07, 6.45) is 1.61. The molecule has 8 heteroatoms. The SMILES string of the molecule is Cc1ccc(-n2cnnc2SC(C)C(=O)Nc2cccc(Cl)c2C)cc1Cl. The van der Waals surface area contributed by atoms with Crippen molar-refractivity contribution in [2.45, 2.75) is 31.2 Å². The van der Waals surface area contributed by atoms with E-state index in [1.54, 1.807) is 18.5 Å². The lowest BCUT2D eigenvalue weighted by Gasteiger charge is -2.14. The molecule has 1 unspecified atom stereocenters. The van der Waals surface area contributed by atoms with E-state index in [0.29, 0.717) is 20.9 Å². The first kappa shape index (κ1) is 19.7. The van der Waals surface area contributed by atoms with Crippen molar-refractivity contribution < 1.29 is 4.79 Å². The maximum Gasteiger partial charge on any atom is 0.237 e. The van der Waals surface area contributed by atoms with Crippen LogP contribution in [-0.2, 0) is 4.79 Å². The lowest BCUT2D eigenvalue weighted by Crippen LogP contribution is -2.23. The minimum atomic E-state index is -0.382. The molecule has 5 nitrogen and oxygen atoms in total. The number of halogens is 2. The second kappa shape index (κ2) is 8.33. The number of thioether (sulfide) groups is 1. The van der Waals surface area contributed by atoms with Gasteiger partial charge in [-0.15, -0.1) is 10.2 Å². The Morgan fingerprint density at radius 1 is 1.19 bits per heavy atom. The Morgan fingerprint density at radius 2 is 1.96 bits per heavy atom. The number of aryl methyl sites for hydroxylation is 1.